The molecule has 19 heavy (non-hydrogen) atoms. The van der Waals surface area contributed by atoms with Gasteiger partial charge in [0.25, 0.3) is 0 Å². The Morgan fingerprint density at radius 1 is 1.26 bits per heavy atom. The number of nitrogens with one attached hydrogen (secondary N) is 1. The van der Waals surface area contributed by atoms with Gasteiger partial charge in [0.2, 0.25) is 0 Å². The number of rotatable bonds is 3. The van der Waals surface area contributed by atoms with Crippen LogP contribution in [-0.4, -0.2) is 6.04 Å². The van der Waals surface area contributed by atoms with E-state index in [9.17, 15) is 8.78 Å². The highest BCUT2D eigenvalue weighted by Gasteiger charge is 2.25. The van der Waals surface area contributed by atoms with Crippen molar-refractivity contribution in [2.24, 2.45) is 11.8 Å². The average Bonchev–Trinajstić information content (AvgIpc) is 2.34. The van der Waals surface area contributed by atoms with E-state index < -0.39 is 11.6 Å². The van der Waals surface area contributed by atoms with Crippen LogP contribution in [0.15, 0.2) is 16.6 Å². The molecule has 1 saturated carbocycles. The molecule has 1 nitrogen and oxygen atoms in total. The zero-order valence-corrected chi connectivity index (χ0v) is 12.9. The van der Waals surface area contributed by atoms with Crippen LogP contribution in [-0.2, 0) is 0 Å². The van der Waals surface area contributed by atoms with Gasteiger partial charge in [-0.1, -0.05) is 26.7 Å². The quantitative estimate of drug-likeness (QED) is 0.786. The lowest BCUT2D eigenvalue weighted by molar-refractivity contribution is 0.264. The molecule has 2 rings (SSSR count). The van der Waals surface area contributed by atoms with Crippen molar-refractivity contribution in [2.75, 3.05) is 5.32 Å². The lowest BCUT2D eigenvalue weighted by atomic mass is 9.79. The molecule has 0 amide bonds. The first-order valence-corrected chi connectivity index (χ1v) is 7.67. The summed E-state index contributed by atoms with van der Waals surface area (Å²) < 4.78 is 27.3. The Morgan fingerprint density at radius 3 is 2.63 bits per heavy atom. The van der Waals surface area contributed by atoms with Gasteiger partial charge in [-0.25, -0.2) is 8.78 Å². The van der Waals surface area contributed by atoms with Crippen LogP contribution in [0.5, 0.6) is 0 Å². The third kappa shape index (κ3) is 3.68. The summed E-state index contributed by atoms with van der Waals surface area (Å²) in [5.41, 5.74) is 0.385. The highest BCUT2D eigenvalue weighted by molar-refractivity contribution is 9.10. The zero-order chi connectivity index (χ0) is 14.0. The second-order valence-corrected chi connectivity index (χ2v) is 6.61. The standard InChI is InChI=1S/C15H20BrF2N/c1-9(2)10-4-3-5-12(6-10)19-15-13(16)7-11(17)8-14(15)18/h7-10,12,19H,3-6H2,1-2H3. The monoisotopic (exact) mass is 331 g/mol. The maximum atomic E-state index is 13.8. The predicted molar refractivity (Wildman–Crippen MR) is 78.3 cm³/mol. The summed E-state index contributed by atoms with van der Waals surface area (Å²) in [6, 6.07) is 2.50. The van der Waals surface area contributed by atoms with Gasteiger partial charge in [0.05, 0.1) is 5.69 Å². The minimum absolute atomic E-state index is 0.275. The molecule has 1 aromatic rings. The maximum absolute atomic E-state index is 13.8. The van der Waals surface area contributed by atoms with Gasteiger partial charge >= 0.3 is 0 Å². The molecule has 0 aliphatic heterocycles. The molecule has 1 aromatic carbocycles. The molecule has 2 atom stereocenters. The molecule has 1 aliphatic carbocycles. The van der Waals surface area contributed by atoms with E-state index in [1.54, 1.807) is 0 Å². The summed E-state index contributed by atoms with van der Waals surface area (Å²) in [4.78, 5) is 0. The van der Waals surface area contributed by atoms with E-state index in [-0.39, 0.29) is 6.04 Å². The van der Waals surface area contributed by atoms with Crippen LogP contribution in [0, 0.1) is 23.5 Å². The zero-order valence-electron chi connectivity index (χ0n) is 11.3. The van der Waals surface area contributed by atoms with Gasteiger partial charge in [-0.15, -0.1) is 0 Å². The fourth-order valence-electron chi connectivity index (χ4n) is 2.85. The SMILES string of the molecule is CC(C)C1CCCC(Nc2c(F)cc(F)cc2Br)C1. The summed E-state index contributed by atoms with van der Waals surface area (Å²) in [5.74, 6) is 0.261. The summed E-state index contributed by atoms with van der Waals surface area (Å²) >= 11 is 3.23. The number of benzene rings is 1. The first-order chi connectivity index (χ1) is 8.97. The molecular weight excluding hydrogens is 312 g/mol. The minimum Gasteiger partial charge on any atom is -0.379 e. The second-order valence-electron chi connectivity index (χ2n) is 5.76. The van der Waals surface area contributed by atoms with Gasteiger partial charge in [-0.3, -0.25) is 0 Å². The Balaban J connectivity index is 2.09. The van der Waals surface area contributed by atoms with E-state index in [2.05, 4.69) is 35.1 Å². The molecule has 0 spiro atoms. The third-order valence-corrected chi connectivity index (χ3v) is 4.64. The molecule has 0 radical (unpaired) electrons. The topological polar surface area (TPSA) is 12.0 Å². The number of hydrogen-bond acceptors (Lipinski definition) is 1. The predicted octanol–water partition coefficient (Wildman–Crippen LogP) is 5.35. The largest absolute Gasteiger partial charge is 0.379 e. The van der Waals surface area contributed by atoms with Crippen LogP contribution in [0.3, 0.4) is 0 Å². The average molecular weight is 332 g/mol. The molecule has 0 aromatic heterocycles. The van der Waals surface area contributed by atoms with Crippen molar-refractivity contribution >= 4 is 21.6 Å². The van der Waals surface area contributed by atoms with Gasteiger partial charge in [-0.2, -0.15) is 0 Å². The van der Waals surface area contributed by atoms with Crippen molar-refractivity contribution in [1.82, 2.24) is 0 Å². The van der Waals surface area contributed by atoms with Gasteiger partial charge in [-0.05, 0) is 46.7 Å². The van der Waals surface area contributed by atoms with E-state index >= 15 is 0 Å². The van der Waals surface area contributed by atoms with E-state index in [1.165, 1.54) is 18.9 Å². The van der Waals surface area contributed by atoms with Crippen LogP contribution in [0.1, 0.15) is 39.5 Å². The summed E-state index contributed by atoms with van der Waals surface area (Å²) in [5, 5.41) is 3.24. The van der Waals surface area contributed by atoms with E-state index in [4.69, 9.17) is 0 Å². The molecule has 106 valence electrons. The van der Waals surface area contributed by atoms with Crippen LogP contribution < -0.4 is 5.32 Å². The Labute approximate surface area is 121 Å². The molecular formula is C15H20BrF2N. The lowest BCUT2D eigenvalue weighted by Gasteiger charge is -2.33. The smallest absolute Gasteiger partial charge is 0.150 e. The normalized spacial score (nSPS) is 23.7. The molecule has 0 heterocycles. The maximum Gasteiger partial charge on any atom is 0.150 e. The molecule has 0 bridgehead atoms. The Bertz CT molecular complexity index is 425. The molecule has 1 N–H and O–H groups in total. The molecule has 2 unspecified atom stereocenters. The molecule has 0 saturated heterocycles. The van der Waals surface area contributed by atoms with E-state index in [1.807, 2.05) is 0 Å². The van der Waals surface area contributed by atoms with Crippen molar-refractivity contribution in [1.29, 1.82) is 0 Å². The van der Waals surface area contributed by atoms with Crippen LogP contribution in [0.4, 0.5) is 14.5 Å². The highest BCUT2D eigenvalue weighted by atomic mass is 79.9. The van der Waals surface area contributed by atoms with E-state index in [0.717, 1.165) is 18.9 Å². The Morgan fingerprint density at radius 2 is 2.00 bits per heavy atom. The van der Waals surface area contributed by atoms with Gasteiger partial charge < -0.3 is 5.32 Å². The number of hydrogen-bond donors (Lipinski definition) is 1. The van der Waals surface area contributed by atoms with Crippen molar-refractivity contribution < 1.29 is 8.78 Å². The van der Waals surface area contributed by atoms with E-state index in [0.29, 0.717) is 22.0 Å². The molecule has 1 fully saturated rings. The molecule has 1 aliphatic rings. The highest BCUT2D eigenvalue weighted by Crippen LogP contribution is 2.34. The van der Waals surface area contributed by atoms with Crippen LogP contribution in [0.25, 0.3) is 0 Å². The van der Waals surface area contributed by atoms with Gasteiger partial charge in [0.15, 0.2) is 0 Å². The van der Waals surface area contributed by atoms with Crippen molar-refractivity contribution in [2.45, 2.75) is 45.6 Å². The Kier molecular flexibility index (Phi) is 4.82. The first-order valence-electron chi connectivity index (χ1n) is 6.88. The van der Waals surface area contributed by atoms with Crippen LogP contribution in [0.2, 0.25) is 0 Å². The van der Waals surface area contributed by atoms with Crippen molar-refractivity contribution in [3.05, 3.63) is 28.2 Å². The van der Waals surface area contributed by atoms with Crippen molar-refractivity contribution in [3.63, 3.8) is 0 Å². The second kappa shape index (κ2) is 6.21. The fraction of sp³-hybridized carbons (Fsp3) is 0.600. The minimum atomic E-state index is -0.557. The number of halogens is 3. The van der Waals surface area contributed by atoms with Gasteiger partial charge in [0.1, 0.15) is 11.6 Å². The third-order valence-electron chi connectivity index (χ3n) is 4.01. The lowest BCUT2D eigenvalue weighted by Crippen LogP contribution is -2.30. The summed E-state index contributed by atoms with van der Waals surface area (Å²) in [7, 11) is 0. The van der Waals surface area contributed by atoms with Crippen LogP contribution >= 0.6 is 15.9 Å². The fourth-order valence-corrected chi connectivity index (χ4v) is 3.37. The number of anilines is 1. The molecule has 4 heteroatoms. The Hall–Kier alpha value is -0.640. The van der Waals surface area contributed by atoms with Gasteiger partial charge in [0, 0.05) is 16.6 Å². The van der Waals surface area contributed by atoms with Crippen molar-refractivity contribution in [3.8, 4) is 0 Å². The first kappa shape index (κ1) is 14.8. The summed E-state index contributed by atoms with van der Waals surface area (Å²) in [6.45, 7) is 4.48. The summed E-state index contributed by atoms with van der Waals surface area (Å²) in [6.07, 6.45) is 4.53.